The number of ether oxygens (including phenoxy) is 1. The summed E-state index contributed by atoms with van der Waals surface area (Å²) in [5, 5.41) is 0.898. The van der Waals surface area contributed by atoms with Crippen LogP contribution in [0.1, 0.15) is 24.2 Å². The number of hydrogen-bond acceptors (Lipinski definition) is 2. The molecule has 3 heteroatoms. The van der Waals surface area contributed by atoms with Crippen molar-refractivity contribution in [1.29, 1.82) is 0 Å². The third-order valence-corrected chi connectivity index (χ3v) is 1.99. The number of aromatic nitrogens is 1. The molecule has 0 saturated heterocycles. The van der Waals surface area contributed by atoms with Gasteiger partial charge in [0, 0.05) is 17.1 Å². The van der Waals surface area contributed by atoms with Crippen molar-refractivity contribution in [1.82, 2.24) is 4.98 Å². The molecule has 2 rings (SSSR count). The number of aromatic amines is 1. The lowest BCUT2D eigenvalue weighted by Gasteiger charge is -1.95. The molecule has 0 aliphatic carbocycles. The molecule has 0 unspecified atom stereocenters. The van der Waals surface area contributed by atoms with Gasteiger partial charge in [0.2, 0.25) is 0 Å². The SMILES string of the molecule is CC.COC(=O)c1c[nH]c2ccccc12. The van der Waals surface area contributed by atoms with Gasteiger partial charge < -0.3 is 9.72 Å². The third kappa shape index (κ3) is 2.18. The molecule has 0 atom stereocenters. The predicted molar refractivity (Wildman–Crippen MR) is 61.0 cm³/mol. The van der Waals surface area contributed by atoms with Crippen LogP contribution < -0.4 is 0 Å². The smallest absolute Gasteiger partial charge is 0.340 e. The van der Waals surface area contributed by atoms with E-state index in [9.17, 15) is 4.79 Å². The van der Waals surface area contributed by atoms with Crippen molar-refractivity contribution in [2.24, 2.45) is 0 Å². The van der Waals surface area contributed by atoms with Crippen LogP contribution in [0.25, 0.3) is 10.9 Å². The van der Waals surface area contributed by atoms with Gasteiger partial charge in [0.25, 0.3) is 0 Å². The first-order valence-electron chi connectivity index (χ1n) is 4.97. The van der Waals surface area contributed by atoms with Crippen LogP contribution in [-0.2, 0) is 4.74 Å². The Hall–Kier alpha value is -1.77. The molecular formula is C12H15NO2. The quantitative estimate of drug-likeness (QED) is 0.727. The molecule has 0 fully saturated rings. The molecule has 1 N–H and O–H groups in total. The average molecular weight is 205 g/mol. The minimum atomic E-state index is -0.308. The second kappa shape index (κ2) is 5.20. The fraction of sp³-hybridized carbons (Fsp3) is 0.250. The number of hydrogen-bond donors (Lipinski definition) is 1. The first-order chi connectivity index (χ1) is 7.33. The summed E-state index contributed by atoms with van der Waals surface area (Å²) in [7, 11) is 1.38. The van der Waals surface area contributed by atoms with E-state index < -0.39 is 0 Å². The van der Waals surface area contributed by atoms with E-state index in [4.69, 9.17) is 0 Å². The van der Waals surface area contributed by atoms with E-state index in [-0.39, 0.29) is 5.97 Å². The van der Waals surface area contributed by atoms with Gasteiger partial charge in [0.1, 0.15) is 0 Å². The molecule has 0 aliphatic heterocycles. The Morgan fingerprint density at radius 2 is 1.93 bits per heavy atom. The molecule has 3 nitrogen and oxygen atoms in total. The first-order valence-corrected chi connectivity index (χ1v) is 4.97. The monoisotopic (exact) mass is 205 g/mol. The lowest BCUT2D eigenvalue weighted by atomic mass is 10.2. The topological polar surface area (TPSA) is 42.1 Å². The Morgan fingerprint density at radius 1 is 1.27 bits per heavy atom. The number of esters is 1. The summed E-state index contributed by atoms with van der Waals surface area (Å²) in [6.07, 6.45) is 1.66. The van der Waals surface area contributed by atoms with Crippen molar-refractivity contribution in [3.63, 3.8) is 0 Å². The lowest BCUT2D eigenvalue weighted by molar-refractivity contribution is 0.0603. The fourth-order valence-corrected chi connectivity index (χ4v) is 1.35. The fourth-order valence-electron chi connectivity index (χ4n) is 1.35. The second-order valence-corrected chi connectivity index (χ2v) is 2.74. The largest absolute Gasteiger partial charge is 0.465 e. The van der Waals surface area contributed by atoms with E-state index in [1.54, 1.807) is 6.20 Å². The number of H-pyrrole nitrogens is 1. The predicted octanol–water partition coefficient (Wildman–Crippen LogP) is 2.98. The summed E-state index contributed by atoms with van der Waals surface area (Å²) in [4.78, 5) is 14.2. The average Bonchev–Trinajstić information content (AvgIpc) is 2.74. The molecule has 1 aromatic carbocycles. The van der Waals surface area contributed by atoms with Crippen LogP contribution in [0.15, 0.2) is 30.5 Å². The summed E-state index contributed by atoms with van der Waals surface area (Å²) in [6, 6.07) is 7.61. The van der Waals surface area contributed by atoms with Crippen LogP contribution in [0.5, 0.6) is 0 Å². The summed E-state index contributed by atoms with van der Waals surface area (Å²) >= 11 is 0. The maximum Gasteiger partial charge on any atom is 0.340 e. The van der Waals surface area contributed by atoms with E-state index in [0.29, 0.717) is 5.56 Å². The third-order valence-electron chi connectivity index (χ3n) is 1.99. The highest BCUT2D eigenvalue weighted by Gasteiger charge is 2.10. The maximum absolute atomic E-state index is 11.2. The van der Waals surface area contributed by atoms with Gasteiger partial charge in [-0.25, -0.2) is 4.79 Å². The number of methoxy groups -OCH3 is 1. The number of rotatable bonds is 1. The Balaban J connectivity index is 0.000000531. The van der Waals surface area contributed by atoms with Crippen LogP contribution in [0.4, 0.5) is 0 Å². The molecule has 0 aliphatic rings. The van der Waals surface area contributed by atoms with E-state index in [2.05, 4.69) is 9.72 Å². The van der Waals surface area contributed by atoms with Gasteiger partial charge in [-0.1, -0.05) is 32.0 Å². The molecule has 1 heterocycles. The zero-order chi connectivity index (χ0) is 11.3. The Morgan fingerprint density at radius 3 is 2.60 bits per heavy atom. The standard InChI is InChI=1S/C10H9NO2.C2H6/c1-13-10(12)8-6-11-9-5-3-2-4-7(8)9;1-2/h2-6,11H,1H3;1-2H3. The number of carbonyl (C=O) groups is 1. The Labute approximate surface area is 89.1 Å². The molecule has 15 heavy (non-hydrogen) atoms. The molecule has 0 amide bonds. The van der Waals surface area contributed by atoms with Gasteiger partial charge in [0.15, 0.2) is 0 Å². The highest BCUT2D eigenvalue weighted by molar-refractivity contribution is 6.03. The van der Waals surface area contributed by atoms with Crippen molar-refractivity contribution >= 4 is 16.9 Å². The van der Waals surface area contributed by atoms with E-state index >= 15 is 0 Å². The van der Waals surface area contributed by atoms with Gasteiger partial charge >= 0.3 is 5.97 Å². The lowest BCUT2D eigenvalue weighted by Crippen LogP contribution is -1.99. The number of nitrogens with one attached hydrogen (secondary N) is 1. The molecule has 80 valence electrons. The minimum Gasteiger partial charge on any atom is -0.465 e. The number of para-hydroxylation sites is 1. The molecule has 0 saturated carbocycles. The molecule has 2 aromatic rings. The van der Waals surface area contributed by atoms with Gasteiger partial charge in [-0.2, -0.15) is 0 Å². The van der Waals surface area contributed by atoms with Crippen LogP contribution >= 0.6 is 0 Å². The number of fused-ring (bicyclic) bond motifs is 1. The van der Waals surface area contributed by atoms with Crippen LogP contribution in [0.3, 0.4) is 0 Å². The van der Waals surface area contributed by atoms with Crippen LogP contribution in [0.2, 0.25) is 0 Å². The first kappa shape index (κ1) is 11.3. The zero-order valence-electron chi connectivity index (χ0n) is 9.20. The van der Waals surface area contributed by atoms with E-state index in [1.165, 1.54) is 7.11 Å². The van der Waals surface area contributed by atoms with Crippen molar-refractivity contribution in [3.8, 4) is 0 Å². The van der Waals surface area contributed by atoms with Gasteiger partial charge in [-0.15, -0.1) is 0 Å². The molecule has 0 bridgehead atoms. The van der Waals surface area contributed by atoms with Gasteiger partial charge in [-0.05, 0) is 6.07 Å². The van der Waals surface area contributed by atoms with E-state index in [0.717, 1.165) is 10.9 Å². The van der Waals surface area contributed by atoms with Crippen molar-refractivity contribution in [2.45, 2.75) is 13.8 Å². The van der Waals surface area contributed by atoms with Crippen molar-refractivity contribution < 1.29 is 9.53 Å². The molecule has 1 aromatic heterocycles. The molecule has 0 radical (unpaired) electrons. The van der Waals surface area contributed by atoms with Crippen LogP contribution in [0, 0.1) is 0 Å². The minimum absolute atomic E-state index is 0.308. The Bertz CT molecular complexity index is 446. The van der Waals surface area contributed by atoms with Crippen molar-refractivity contribution in [2.75, 3.05) is 7.11 Å². The normalized spacial score (nSPS) is 9.27. The van der Waals surface area contributed by atoms with E-state index in [1.807, 2.05) is 38.1 Å². The Kier molecular flexibility index (Phi) is 3.92. The number of benzene rings is 1. The maximum atomic E-state index is 11.2. The summed E-state index contributed by atoms with van der Waals surface area (Å²) in [5.74, 6) is -0.308. The summed E-state index contributed by atoms with van der Waals surface area (Å²) < 4.78 is 4.64. The highest BCUT2D eigenvalue weighted by atomic mass is 16.5. The number of carbonyl (C=O) groups excluding carboxylic acids is 1. The summed E-state index contributed by atoms with van der Waals surface area (Å²) in [5.41, 5.74) is 1.53. The van der Waals surface area contributed by atoms with Gasteiger partial charge in [0.05, 0.1) is 12.7 Å². The summed E-state index contributed by atoms with van der Waals surface area (Å²) in [6.45, 7) is 4.00. The second-order valence-electron chi connectivity index (χ2n) is 2.74. The highest BCUT2D eigenvalue weighted by Crippen LogP contribution is 2.17. The van der Waals surface area contributed by atoms with Crippen molar-refractivity contribution in [3.05, 3.63) is 36.0 Å². The van der Waals surface area contributed by atoms with Crippen LogP contribution in [-0.4, -0.2) is 18.1 Å². The van der Waals surface area contributed by atoms with Gasteiger partial charge in [-0.3, -0.25) is 0 Å². The zero-order valence-corrected chi connectivity index (χ0v) is 9.20. The molecular weight excluding hydrogens is 190 g/mol. The molecule has 0 spiro atoms.